The average molecular weight is 275 g/mol. The Hall–Kier alpha value is -1.24. The molecule has 0 spiro atoms. The number of ether oxygens (including phenoxy) is 2. The molecular formula is C11H17NO5S. The third kappa shape index (κ3) is 2.95. The molecule has 1 fully saturated rings. The second-order valence-corrected chi connectivity index (χ2v) is 5.83. The van der Waals surface area contributed by atoms with Crippen LogP contribution in [0.4, 0.5) is 4.79 Å². The van der Waals surface area contributed by atoms with Gasteiger partial charge in [-0.3, -0.25) is 9.69 Å². The van der Waals surface area contributed by atoms with E-state index in [0.717, 1.165) is 4.90 Å². The lowest BCUT2D eigenvalue weighted by Gasteiger charge is -2.32. The number of likely N-dealkylation sites (tertiary alicyclic amines) is 1. The molecule has 1 atom stereocenters. The van der Waals surface area contributed by atoms with Crippen LogP contribution in [0.3, 0.4) is 0 Å². The van der Waals surface area contributed by atoms with Crippen LogP contribution in [-0.2, 0) is 19.1 Å². The van der Waals surface area contributed by atoms with Gasteiger partial charge < -0.3 is 9.47 Å². The maximum Gasteiger partial charge on any atom is 0.412 e. The molecule has 1 heterocycles. The summed E-state index contributed by atoms with van der Waals surface area (Å²) in [5, 5.41) is 0. The van der Waals surface area contributed by atoms with Crippen molar-refractivity contribution in [2.45, 2.75) is 37.7 Å². The van der Waals surface area contributed by atoms with Gasteiger partial charge in [0.25, 0.3) is 0 Å². The molecule has 1 aliphatic heterocycles. The van der Waals surface area contributed by atoms with Crippen LogP contribution in [0.25, 0.3) is 0 Å². The summed E-state index contributed by atoms with van der Waals surface area (Å²) < 4.78 is 9.72. The first kappa shape index (κ1) is 14.8. The zero-order valence-electron chi connectivity index (χ0n) is 10.8. The second kappa shape index (κ2) is 4.79. The molecule has 0 N–H and O–H groups in total. The monoisotopic (exact) mass is 275 g/mol. The maximum atomic E-state index is 11.9. The standard InChI is InChI=1S/C11H17NO5S/c1-10(2,3)17-9(15)12-6-7(13)5-11(12,18)8(14)16-4/h18H,5-6H2,1-4H3. The number of hydrogen-bond donors (Lipinski definition) is 1. The lowest BCUT2D eigenvalue weighted by Crippen LogP contribution is -2.51. The predicted octanol–water partition coefficient (Wildman–Crippen LogP) is 0.995. The first-order valence-electron chi connectivity index (χ1n) is 5.43. The minimum absolute atomic E-state index is 0.179. The first-order chi connectivity index (χ1) is 8.10. The number of ketones is 1. The van der Waals surface area contributed by atoms with E-state index in [1.165, 1.54) is 7.11 Å². The van der Waals surface area contributed by atoms with Gasteiger partial charge in [-0.05, 0) is 20.8 Å². The summed E-state index contributed by atoms with van der Waals surface area (Å²) >= 11 is 4.13. The Labute approximate surface area is 111 Å². The Balaban J connectivity index is 2.95. The van der Waals surface area contributed by atoms with Crippen molar-refractivity contribution in [3.8, 4) is 0 Å². The highest BCUT2D eigenvalue weighted by atomic mass is 32.1. The summed E-state index contributed by atoms with van der Waals surface area (Å²) in [6, 6.07) is 0. The molecule has 1 saturated heterocycles. The summed E-state index contributed by atoms with van der Waals surface area (Å²) in [6.07, 6.45) is -0.934. The van der Waals surface area contributed by atoms with E-state index in [0.29, 0.717) is 0 Å². The van der Waals surface area contributed by atoms with E-state index in [-0.39, 0.29) is 18.7 Å². The van der Waals surface area contributed by atoms with Gasteiger partial charge in [0.2, 0.25) is 0 Å². The quantitative estimate of drug-likeness (QED) is 0.571. The lowest BCUT2D eigenvalue weighted by atomic mass is 10.2. The van der Waals surface area contributed by atoms with Crippen LogP contribution in [0, 0.1) is 0 Å². The molecule has 0 aliphatic carbocycles. The largest absolute Gasteiger partial charge is 0.467 e. The molecule has 18 heavy (non-hydrogen) atoms. The zero-order valence-corrected chi connectivity index (χ0v) is 11.7. The van der Waals surface area contributed by atoms with Crippen molar-refractivity contribution in [1.29, 1.82) is 0 Å². The Morgan fingerprint density at radius 1 is 1.39 bits per heavy atom. The van der Waals surface area contributed by atoms with E-state index in [9.17, 15) is 14.4 Å². The fraction of sp³-hybridized carbons (Fsp3) is 0.727. The molecule has 0 saturated carbocycles. The summed E-state index contributed by atoms with van der Waals surface area (Å²) in [4.78, 5) is 34.5. The van der Waals surface area contributed by atoms with Gasteiger partial charge in [-0.25, -0.2) is 9.59 Å². The van der Waals surface area contributed by atoms with E-state index in [1.54, 1.807) is 20.8 Å². The average Bonchev–Trinajstić information content (AvgIpc) is 2.51. The van der Waals surface area contributed by atoms with Crippen molar-refractivity contribution in [2.75, 3.05) is 13.7 Å². The number of carbonyl (C=O) groups excluding carboxylic acids is 3. The number of amides is 1. The molecule has 0 aromatic rings. The van der Waals surface area contributed by atoms with Crippen molar-refractivity contribution < 1.29 is 23.9 Å². The Morgan fingerprint density at radius 3 is 2.39 bits per heavy atom. The van der Waals surface area contributed by atoms with Crippen LogP contribution in [0.15, 0.2) is 0 Å². The SMILES string of the molecule is COC(=O)C1(S)CC(=O)CN1C(=O)OC(C)(C)C. The molecule has 1 unspecified atom stereocenters. The Morgan fingerprint density at radius 2 is 1.94 bits per heavy atom. The molecule has 1 amide bonds. The maximum absolute atomic E-state index is 11.9. The first-order valence-corrected chi connectivity index (χ1v) is 5.88. The van der Waals surface area contributed by atoms with Crippen LogP contribution < -0.4 is 0 Å². The Kier molecular flexibility index (Phi) is 3.95. The van der Waals surface area contributed by atoms with Gasteiger partial charge in [-0.1, -0.05) is 0 Å². The molecule has 0 aromatic carbocycles. The van der Waals surface area contributed by atoms with Crippen molar-refractivity contribution in [3.05, 3.63) is 0 Å². The van der Waals surface area contributed by atoms with Crippen LogP contribution >= 0.6 is 12.6 Å². The molecule has 102 valence electrons. The molecule has 6 nitrogen and oxygen atoms in total. The number of hydrogen-bond acceptors (Lipinski definition) is 6. The number of rotatable bonds is 1. The molecule has 1 rings (SSSR count). The normalized spacial score (nSPS) is 24.1. The summed E-state index contributed by atoms with van der Waals surface area (Å²) in [5.74, 6) is -1.01. The molecule has 0 bridgehead atoms. The summed E-state index contributed by atoms with van der Waals surface area (Å²) in [7, 11) is 1.18. The summed E-state index contributed by atoms with van der Waals surface area (Å²) in [6.45, 7) is 4.89. The van der Waals surface area contributed by atoms with E-state index >= 15 is 0 Å². The van der Waals surface area contributed by atoms with E-state index in [4.69, 9.17) is 4.74 Å². The molecule has 0 aromatic heterocycles. The topological polar surface area (TPSA) is 72.9 Å². The van der Waals surface area contributed by atoms with Gasteiger partial charge >= 0.3 is 12.1 Å². The van der Waals surface area contributed by atoms with Crippen molar-refractivity contribution in [1.82, 2.24) is 4.90 Å². The van der Waals surface area contributed by atoms with Crippen LogP contribution in [-0.4, -0.2) is 46.9 Å². The fourth-order valence-corrected chi connectivity index (χ4v) is 2.03. The van der Waals surface area contributed by atoms with Gasteiger partial charge in [-0.15, -0.1) is 12.6 Å². The minimum Gasteiger partial charge on any atom is -0.467 e. The second-order valence-electron chi connectivity index (χ2n) is 5.09. The molecular weight excluding hydrogens is 258 g/mol. The van der Waals surface area contributed by atoms with Crippen molar-refractivity contribution >= 4 is 30.5 Å². The van der Waals surface area contributed by atoms with Gasteiger partial charge in [0.05, 0.1) is 20.1 Å². The third-order valence-electron chi connectivity index (χ3n) is 2.35. The van der Waals surface area contributed by atoms with Gasteiger partial charge in [0, 0.05) is 0 Å². The van der Waals surface area contributed by atoms with Crippen molar-refractivity contribution in [2.24, 2.45) is 0 Å². The van der Waals surface area contributed by atoms with Gasteiger partial charge in [0.1, 0.15) is 5.60 Å². The number of thiol groups is 1. The van der Waals surface area contributed by atoms with Crippen LogP contribution in [0.2, 0.25) is 0 Å². The number of nitrogens with zero attached hydrogens (tertiary/aromatic N) is 1. The van der Waals surface area contributed by atoms with Gasteiger partial charge in [-0.2, -0.15) is 0 Å². The van der Waals surface area contributed by atoms with Crippen molar-refractivity contribution in [3.63, 3.8) is 0 Å². The van der Waals surface area contributed by atoms with E-state index < -0.39 is 22.5 Å². The lowest BCUT2D eigenvalue weighted by molar-refractivity contribution is -0.147. The molecule has 0 radical (unpaired) electrons. The van der Waals surface area contributed by atoms with E-state index in [2.05, 4.69) is 17.4 Å². The van der Waals surface area contributed by atoms with Crippen LogP contribution in [0.5, 0.6) is 0 Å². The number of esters is 1. The number of methoxy groups -OCH3 is 1. The highest BCUT2D eigenvalue weighted by Crippen LogP contribution is 2.33. The number of carbonyl (C=O) groups is 3. The van der Waals surface area contributed by atoms with Gasteiger partial charge in [0.15, 0.2) is 10.7 Å². The highest BCUT2D eigenvalue weighted by Gasteiger charge is 2.53. The number of Topliss-reactive ketones (excluding diaryl/α,β-unsaturated/α-hetero) is 1. The molecule has 7 heteroatoms. The van der Waals surface area contributed by atoms with E-state index in [1.807, 2.05) is 0 Å². The smallest absolute Gasteiger partial charge is 0.412 e. The molecule has 1 aliphatic rings. The fourth-order valence-electron chi connectivity index (χ4n) is 1.61. The summed E-state index contributed by atoms with van der Waals surface area (Å²) in [5.41, 5.74) is -0.715. The minimum atomic E-state index is -1.58. The highest BCUT2D eigenvalue weighted by molar-refractivity contribution is 7.82. The zero-order chi connectivity index (χ0) is 14.1. The van der Waals surface area contributed by atoms with Crippen LogP contribution in [0.1, 0.15) is 27.2 Å². The predicted molar refractivity (Wildman–Crippen MR) is 66.3 cm³/mol. The third-order valence-corrected chi connectivity index (χ3v) is 2.93. The Bertz CT molecular complexity index is 389.